The highest BCUT2D eigenvalue weighted by Gasteiger charge is 2.32. The Balaban J connectivity index is 1.50. The largest absolute Gasteiger partial charge is 0.366 e. The molecule has 2 N–H and O–H groups in total. The van der Waals surface area contributed by atoms with Gasteiger partial charge in [0.2, 0.25) is 0 Å². The molecule has 7 nitrogen and oxygen atoms in total. The normalized spacial score (nSPS) is 17.9. The Morgan fingerprint density at radius 3 is 2.82 bits per heavy atom. The summed E-state index contributed by atoms with van der Waals surface area (Å²) in [7, 11) is 0. The molecule has 0 radical (unpaired) electrons. The van der Waals surface area contributed by atoms with Crippen LogP contribution in [0.2, 0.25) is 0 Å². The minimum atomic E-state index is -0.438. The van der Waals surface area contributed by atoms with E-state index in [0.29, 0.717) is 5.56 Å². The zero-order valence-electron chi connectivity index (χ0n) is 12.3. The second-order valence-electron chi connectivity index (χ2n) is 5.96. The van der Waals surface area contributed by atoms with Crippen LogP contribution in [0, 0.1) is 0 Å². The number of carbonyl (C=O) groups excluding carboxylic acids is 1. The van der Waals surface area contributed by atoms with Crippen molar-refractivity contribution in [2.45, 2.75) is 31.7 Å². The summed E-state index contributed by atoms with van der Waals surface area (Å²) in [6, 6.07) is 0.266. The first-order valence-corrected chi connectivity index (χ1v) is 7.64. The predicted molar refractivity (Wildman–Crippen MR) is 80.7 cm³/mol. The molecule has 1 saturated heterocycles. The van der Waals surface area contributed by atoms with Crippen LogP contribution in [0.1, 0.15) is 40.5 Å². The molecule has 1 aliphatic heterocycles. The second kappa shape index (κ2) is 5.08. The van der Waals surface area contributed by atoms with Crippen LogP contribution >= 0.6 is 0 Å². The molecule has 0 saturated carbocycles. The van der Waals surface area contributed by atoms with E-state index in [-0.39, 0.29) is 6.04 Å². The van der Waals surface area contributed by atoms with Crippen molar-refractivity contribution in [1.82, 2.24) is 19.7 Å². The summed E-state index contributed by atoms with van der Waals surface area (Å²) in [6.07, 6.45) is 9.48. The molecule has 22 heavy (non-hydrogen) atoms. The fourth-order valence-corrected chi connectivity index (χ4v) is 3.24. The third-order valence-corrected chi connectivity index (χ3v) is 4.52. The van der Waals surface area contributed by atoms with Crippen molar-refractivity contribution < 1.29 is 4.79 Å². The molecule has 0 aromatic carbocycles. The number of fused-ring (bicyclic) bond motifs is 1. The molecule has 114 valence electrons. The van der Waals surface area contributed by atoms with Gasteiger partial charge in [-0.3, -0.25) is 9.48 Å². The number of aryl methyl sites for hydroxylation is 1. The van der Waals surface area contributed by atoms with Gasteiger partial charge in [-0.25, -0.2) is 9.97 Å². The van der Waals surface area contributed by atoms with E-state index in [1.54, 1.807) is 12.5 Å². The topological polar surface area (TPSA) is 89.9 Å². The molecule has 0 bridgehead atoms. The van der Waals surface area contributed by atoms with Gasteiger partial charge in [-0.05, 0) is 25.7 Å². The molecule has 0 atom stereocenters. The summed E-state index contributed by atoms with van der Waals surface area (Å²) in [6.45, 7) is 1.70. The molecular weight excluding hydrogens is 280 g/mol. The Kier molecular flexibility index (Phi) is 3.06. The molecule has 0 unspecified atom stereocenters. The Labute approximate surface area is 128 Å². The zero-order chi connectivity index (χ0) is 15.1. The van der Waals surface area contributed by atoms with Gasteiger partial charge in [-0.1, -0.05) is 0 Å². The predicted octanol–water partition coefficient (Wildman–Crippen LogP) is 0.712. The standard InChI is InChI=1S/C15H18N6O/c16-14(22)10-5-19-21(6-10)11-7-20(8-11)15-12-3-1-2-4-13(12)17-9-18-15/h5-6,9,11H,1-4,7-8H2,(H2,16,22). The number of rotatable bonds is 3. The van der Waals surface area contributed by atoms with E-state index in [2.05, 4.69) is 20.0 Å². The maximum absolute atomic E-state index is 11.1. The van der Waals surface area contributed by atoms with Crippen LogP contribution in [0.25, 0.3) is 0 Å². The molecule has 1 amide bonds. The van der Waals surface area contributed by atoms with E-state index in [4.69, 9.17) is 5.73 Å². The Morgan fingerprint density at radius 2 is 2.05 bits per heavy atom. The first kappa shape index (κ1) is 13.2. The number of nitrogens with two attached hydrogens (primary N) is 1. The van der Waals surface area contributed by atoms with Gasteiger partial charge in [0.15, 0.2) is 0 Å². The molecular formula is C15H18N6O. The molecule has 2 aliphatic rings. The minimum Gasteiger partial charge on any atom is -0.366 e. The van der Waals surface area contributed by atoms with E-state index in [1.165, 1.54) is 30.3 Å². The van der Waals surface area contributed by atoms with E-state index in [0.717, 1.165) is 31.7 Å². The van der Waals surface area contributed by atoms with Crippen LogP contribution < -0.4 is 10.6 Å². The van der Waals surface area contributed by atoms with Gasteiger partial charge in [0.25, 0.3) is 5.91 Å². The summed E-state index contributed by atoms with van der Waals surface area (Å²) in [5.41, 5.74) is 8.23. The van der Waals surface area contributed by atoms with Gasteiger partial charge in [0.05, 0.1) is 17.8 Å². The third kappa shape index (κ3) is 2.13. The molecule has 1 aliphatic carbocycles. The highest BCUT2D eigenvalue weighted by atomic mass is 16.1. The van der Waals surface area contributed by atoms with Crippen molar-refractivity contribution >= 4 is 11.7 Å². The Morgan fingerprint density at radius 1 is 1.23 bits per heavy atom. The second-order valence-corrected chi connectivity index (χ2v) is 5.96. The van der Waals surface area contributed by atoms with E-state index in [1.807, 2.05) is 4.68 Å². The number of hydrogen-bond acceptors (Lipinski definition) is 5. The summed E-state index contributed by atoms with van der Waals surface area (Å²) < 4.78 is 1.82. The molecule has 2 aromatic heterocycles. The van der Waals surface area contributed by atoms with Crippen LogP contribution in [0.5, 0.6) is 0 Å². The lowest BCUT2D eigenvalue weighted by atomic mass is 9.95. The first-order valence-electron chi connectivity index (χ1n) is 7.64. The van der Waals surface area contributed by atoms with Gasteiger partial charge in [-0.2, -0.15) is 5.10 Å². The number of primary amides is 1. The van der Waals surface area contributed by atoms with Gasteiger partial charge >= 0.3 is 0 Å². The Hall–Kier alpha value is -2.44. The number of anilines is 1. The number of amides is 1. The van der Waals surface area contributed by atoms with Crippen molar-refractivity contribution in [3.05, 3.63) is 35.5 Å². The average molecular weight is 298 g/mol. The molecule has 2 aromatic rings. The molecule has 3 heterocycles. The van der Waals surface area contributed by atoms with E-state index >= 15 is 0 Å². The fraction of sp³-hybridized carbons (Fsp3) is 0.467. The lowest BCUT2D eigenvalue weighted by molar-refractivity contribution is 0.1000. The van der Waals surface area contributed by atoms with Crippen LogP contribution in [0.3, 0.4) is 0 Å². The van der Waals surface area contributed by atoms with Gasteiger partial charge in [0.1, 0.15) is 12.1 Å². The maximum Gasteiger partial charge on any atom is 0.251 e. The molecule has 1 fully saturated rings. The lowest BCUT2D eigenvalue weighted by Gasteiger charge is -2.41. The number of nitrogens with zero attached hydrogens (tertiary/aromatic N) is 5. The number of hydrogen-bond donors (Lipinski definition) is 1. The SMILES string of the molecule is NC(=O)c1cnn(C2CN(c3ncnc4c3CCCC4)C2)c1. The van der Waals surface area contributed by atoms with E-state index in [9.17, 15) is 4.79 Å². The average Bonchev–Trinajstić information content (AvgIpc) is 2.96. The molecule has 7 heteroatoms. The zero-order valence-corrected chi connectivity index (χ0v) is 12.3. The highest BCUT2D eigenvalue weighted by molar-refractivity contribution is 5.92. The van der Waals surface area contributed by atoms with Crippen LogP contribution in [0.4, 0.5) is 5.82 Å². The smallest absolute Gasteiger partial charge is 0.251 e. The summed E-state index contributed by atoms with van der Waals surface area (Å²) in [5.74, 6) is 0.635. The maximum atomic E-state index is 11.1. The summed E-state index contributed by atoms with van der Waals surface area (Å²) >= 11 is 0. The van der Waals surface area contributed by atoms with Crippen LogP contribution in [-0.2, 0) is 12.8 Å². The van der Waals surface area contributed by atoms with Crippen LogP contribution in [0.15, 0.2) is 18.7 Å². The van der Waals surface area contributed by atoms with Crippen LogP contribution in [-0.4, -0.2) is 38.7 Å². The van der Waals surface area contributed by atoms with E-state index < -0.39 is 5.91 Å². The third-order valence-electron chi connectivity index (χ3n) is 4.52. The van der Waals surface area contributed by atoms with Crippen molar-refractivity contribution in [1.29, 1.82) is 0 Å². The van der Waals surface area contributed by atoms with Crippen molar-refractivity contribution in [2.75, 3.05) is 18.0 Å². The van der Waals surface area contributed by atoms with Crippen molar-refractivity contribution in [3.63, 3.8) is 0 Å². The molecule has 4 rings (SSSR count). The monoisotopic (exact) mass is 298 g/mol. The minimum absolute atomic E-state index is 0.266. The van der Waals surface area contributed by atoms with Crippen molar-refractivity contribution in [3.8, 4) is 0 Å². The highest BCUT2D eigenvalue weighted by Crippen LogP contribution is 2.32. The van der Waals surface area contributed by atoms with Gasteiger partial charge in [0, 0.05) is 30.5 Å². The Bertz CT molecular complexity index is 719. The number of carbonyl (C=O) groups is 1. The lowest BCUT2D eigenvalue weighted by Crippen LogP contribution is -2.49. The summed E-state index contributed by atoms with van der Waals surface area (Å²) in [5, 5.41) is 4.23. The van der Waals surface area contributed by atoms with Gasteiger partial charge < -0.3 is 10.6 Å². The van der Waals surface area contributed by atoms with Crippen molar-refractivity contribution in [2.24, 2.45) is 5.73 Å². The first-order chi connectivity index (χ1) is 10.7. The quantitative estimate of drug-likeness (QED) is 0.901. The fourth-order valence-electron chi connectivity index (χ4n) is 3.24. The molecule has 0 spiro atoms. The summed E-state index contributed by atoms with van der Waals surface area (Å²) in [4.78, 5) is 22.3. The number of aromatic nitrogens is 4. The van der Waals surface area contributed by atoms with Gasteiger partial charge in [-0.15, -0.1) is 0 Å².